The summed E-state index contributed by atoms with van der Waals surface area (Å²) < 4.78 is 11.8. The Bertz CT molecular complexity index is 915. The highest BCUT2D eigenvalue weighted by molar-refractivity contribution is 6.24. The molecule has 2 aliphatic heterocycles. The van der Waals surface area contributed by atoms with E-state index in [0.717, 1.165) is 4.90 Å². The first-order chi connectivity index (χ1) is 14.4. The summed E-state index contributed by atoms with van der Waals surface area (Å²) in [5.41, 5.74) is 0.101. The van der Waals surface area contributed by atoms with E-state index in [1.54, 1.807) is 18.2 Å². The Kier molecular flexibility index (Phi) is 6.23. The molecule has 0 radical (unpaired) electrons. The lowest BCUT2D eigenvalue weighted by Crippen LogP contribution is -2.54. The van der Waals surface area contributed by atoms with Gasteiger partial charge in [-0.2, -0.15) is 0 Å². The van der Waals surface area contributed by atoms with Crippen molar-refractivity contribution in [2.75, 3.05) is 19.8 Å². The van der Waals surface area contributed by atoms with E-state index in [9.17, 15) is 19.2 Å². The molecule has 168 valence electrons. The van der Waals surface area contributed by atoms with Crippen LogP contribution in [0.1, 0.15) is 68.2 Å². The van der Waals surface area contributed by atoms with Gasteiger partial charge >= 0.3 is 0 Å². The molecular formula is C23H30N2O6. The van der Waals surface area contributed by atoms with Crippen molar-refractivity contribution in [3.05, 3.63) is 29.3 Å². The quantitative estimate of drug-likeness (QED) is 0.667. The fourth-order valence-electron chi connectivity index (χ4n) is 3.55. The Hall–Kier alpha value is -2.74. The summed E-state index contributed by atoms with van der Waals surface area (Å²) in [5.74, 6) is -1.86. The summed E-state index contributed by atoms with van der Waals surface area (Å²) in [7, 11) is 0. The third kappa shape index (κ3) is 5.12. The third-order valence-corrected chi connectivity index (χ3v) is 5.08. The predicted octanol–water partition coefficient (Wildman–Crippen LogP) is 2.56. The van der Waals surface area contributed by atoms with Gasteiger partial charge < -0.3 is 9.47 Å². The molecule has 2 aliphatic rings. The Morgan fingerprint density at radius 3 is 2.35 bits per heavy atom. The number of carbonyl (C=O) groups is 4. The van der Waals surface area contributed by atoms with Gasteiger partial charge in [-0.3, -0.25) is 29.4 Å². The Morgan fingerprint density at radius 1 is 1.00 bits per heavy atom. The van der Waals surface area contributed by atoms with E-state index >= 15 is 0 Å². The zero-order valence-corrected chi connectivity index (χ0v) is 18.7. The lowest BCUT2D eigenvalue weighted by Gasteiger charge is -2.28. The summed E-state index contributed by atoms with van der Waals surface area (Å²) in [6.07, 6.45) is 0.195. The highest BCUT2D eigenvalue weighted by atomic mass is 16.5. The zero-order chi connectivity index (χ0) is 23.0. The number of rotatable bonds is 7. The van der Waals surface area contributed by atoms with Crippen molar-refractivity contribution >= 4 is 23.6 Å². The van der Waals surface area contributed by atoms with Gasteiger partial charge in [-0.05, 0) is 24.0 Å². The molecule has 1 saturated heterocycles. The maximum absolute atomic E-state index is 13.1. The van der Waals surface area contributed by atoms with Gasteiger partial charge in [0, 0.05) is 11.8 Å². The number of fused-ring (bicyclic) bond motifs is 1. The molecule has 31 heavy (non-hydrogen) atoms. The number of benzene rings is 1. The minimum Gasteiger partial charge on any atom is -0.492 e. The van der Waals surface area contributed by atoms with Crippen LogP contribution in [-0.4, -0.2) is 54.4 Å². The lowest BCUT2D eigenvalue weighted by molar-refractivity contribution is -0.136. The summed E-state index contributed by atoms with van der Waals surface area (Å²) >= 11 is 0. The molecule has 3 rings (SSSR count). The van der Waals surface area contributed by atoms with Gasteiger partial charge in [-0.25, -0.2) is 0 Å². The molecule has 0 aliphatic carbocycles. The van der Waals surface area contributed by atoms with Crippen molar-refractivity contribution in [3.8, 4) is 5.75 Å². The van der Waals surface area contributed by atoms with Crippen LogP contribution in [0, 0.1) is 10.8 Å². The predicted molar refractivity (Wildman–Crippen MR) is 113 cm³/mol. The molecule has 0 bridgehead atoms. The van der Waals surface area contributed by atoms with E-state index in [4.69, 9.17) is 9.47 Å². The lowest BCUT2D eigenvalue weighted by atomic mass is 9.95. The van der Waals surface area contributed by atoms with Gasteiger partial charge in [-0.15, -0.1) is 0 Å². The van der Waals surface area contributed by atoms with Gasteiger partial charge in [-0.1, -0.05) is 40.7 Å². The van der Waals surface area contributed by atoms with Crippen LogP contribution in [0.5, 0.6) is 5.75 Å². The first-order valence-corrected chi connectivity index (χ1v) is 10.4. The molecule has 1 aromatic rings. The van der Waals surface area contributed by atoms with Crippen molar-refractivity contribution in [1.82, 2.24) is 10.2 Å². The molecular weight excluding hydrogens is 400 g/mol. The first kappa shape index (κ1) is 22.9. The molecule has 1 atom stereocenters. The number of amides is 4. The molecule has 0 spiro atoms. The fraction of sp³-hybridized carbons (Fsp3) is 0.565. The van der Waals surface area contributed by atoms with Crippen LogP contribution < -0.4 is 10.1 Å². The monoisotopic (exact) mass is 430 g/mol. The number of nitrogens with one attached hydrogen (secondary N) is 1. The standard InChI is InChI=1S/C23H30N2O6/c1-22(2,3)11-30-12-23(4,5)13-31-16-8-6-7-14-18(16)21(29)25(20(14)28)15-9-10-17(26)24-19(15)27/h6-8,15H,9-13H2,1-5H3,(H,24,26,27). The third-order valence-electron chi connectivity index (χ3n) is 5.08. The van der Waals surface area contributed by atoms with Crippen LogP contribution in [-0.2, 0) is 14.3 Å². The normalized spacial score (nSPS) is 19.5. The zero-order valence-electron chi connectivity index (χ0n) is 18.7. The first-order valence-electron chi connectivity index (χ1n) is 10.4. The summed E-state index contributed by atoms with van der Waals surface area (Å²) in [5, 5.41) is 2.19. The smallest absolute Gasteiger partial charge is 0.266 e. The van der Waals surface area contributed by atoms with Crippen LogP contribution in [0.3, 0.4) is 0 Å². The minimum atomic E-state index is -1.000. The van der Waals surface area contributed by atoms with E-state index in [1.165, 1.54) is 0 Å². The van der Waals surface area contributed by atoms with E-state index in [0.29, 0.717) is 19.0 Å². The molecule has 1 fully saturated rings. The largest absolute Gasteiger partial charge is 0.492 e. The molecule has 0 aromatic heterocycles. The maximum Gasteiger partial charge on any atom is 0.266 e. The van der Waals surface area contributed by atoms with Gasteiger partial charge in [0.25, 0.3) is 11.8 Å². The van der Waals surface area contributed by atoms with Crippen molar-refractivity contribution < 1.29 is 28.7 Å². The number of imide groups is 2. The van der Waals surface area contributed by atoms with E-state index in [1.807, 2.05) is 13.8 Å². The molecule has 4 amide bonds. The number of nitrogens with zero attached hydrogens (tertiary/aromatic N) is 1. The van der Waals surface area contributed by atoms with Gasteiger partial charge in [0.2, 0.25) is 11.8 Å². The fourth-order valence-corrected chi connectivity index (χ4v) is 3.55. The molecule has 2 heterocycles. The van der Waals surface area contributed by atoms with Crippen LogP contribution in [0.4, 0.5) is 0 Å². The molecule has 1 N–H and O–H groups in total. The van der Waals surface area contributed by atoms with E-state index < -0.39 is 29.7 Å². The van der Waals surface area contributed by atoms with Crippen LogP contribution >= 0.6 is 0 Å². The van der Waals surface area contributed by atoms with Crippen LogP contribution in [0.25, 0.3) is 0 Å². The van der Waals surface area contributed by atoms with Gasteiger partial charge in [0.15, 0.2) is 0 Å². The average Bonchev–Trinajstić information content (AvgIpc) is 2.91. The van der Waals surface area contributed by atoms with Crippen molar-refractivity contribution in [2.24, 2.45) is 10.8 Å². The molecule has 1 aromatic carbocycles. The molecule has 1 unspecified atom stereocenters. The van der Waals surface area contributed by atoms with Crippen molar-refractivity contribution in [2.45, 2.75) is 53.5 Å². The second kappa shape index (κ2) is 8.42. The second-order valence-corrected chi connectivity index (χ2v) is 10.1. The number of piperidine rings is 1. The minimum absolute atomic E-state index is 0.0590. The molecule has 8 nitrogen and oxygen atoms in total. The van der Waals surface area contributed by atoms with Crippen LogP contribution in [0.2, 0.25) is 0 Å². The number of hydrogen-bond acceptors (Lipinski definition) is 6. The highest BCUT2D eigenvalue weighted by Crippen LogP contribution is 2.34. The maximum atomic E-state index is 13.1. The molecule has 8 heteroatoms. The number of ether oxygens (including phenoxy) is 2. The van der Waals surface area contributed by atoms with E-state index in [2.05, 4.69) is 26.1 Å². The second-order valence-electron chi connectivity index (χ2n) is 10.1. The SMILES string of the molecule is CC(C)(C)COCC(C)(C)COc1cccc2c1C(=O)N(C1CCC(=O)NC1=O)C2=O. The Labute approximate surface area is 182 Å². The van der Waals surface area contributed by atoms with Gasteiger partial charge in [0.1, 0.15) is 11.8 Å². The number of carbonyl (C=O) groups excluding carboxylic acids is 4. The topological polar surface area (TPSA) is 102 Å². The molecule has 0 saturated carbocycles. The Morgan fingerprint density at radius 2 is 1.71 bits per heavy atom. The van der Waals surface area contributed by atoms with Crippen molar-refractivity contribution in [1.29, 1.82) is 0 Å². The summed E-state index contributed by atoms with van der Waals surface area (Å²) in [4.78, 5) is 50.6. The average molecular weight is 431 g/mol. The summed E-state index contributed by atoms with van der Waals surface area (Å²) in [6.45, 7) is 11.7. The van der Waals surface area contributed by atoms with E-state index in [-0.39, 0.29) is 41.4 Å². The van der Waals surface area contributed by atoms with Gasteiger partial charge in [0.05, 0.1) is 30.9 Å². The van der Waals surface area contributed by atoms with Crippen molar-refractivity contribution in [3.63, 3.8) is 0 Å². The number of hydrogen-bond donors (Lipinski definition) is 1. The van der Waals surface area contributed by atoms with Crippen LogP contribution in [0.15, 0.2) is 18.2 Å². The summed E-state index contributed by atoms with van der Waals surface area (Å²) in [6, 6.07) is 3.84. The Balaban J connectivity index is 1.73. The highest BCUT2D eigenvalue weighted by Gasteiger charge is 2.46.